The molecule has 0 unspecified atom stereocenters. The predicted molar refractivity (Wildman–Crippen MR) is 111 cm³/mol. The highest BCUT2D eigenvalue weighted by atomic mass is 32.1. The molecule has 2 aromatic carbocycles. The van der Waals surface area contributed by atoms with Crippen LogP contribution in [0, 0.1) is 0 Å². The van der Waals surface area contributed by atoms with Crippen LogP contribution in [-0.2, 0) is 6.54 Å². The van der Waals surface area contributed by atoms with Crippen LogP contribution in [0.5, 0.6) is 5.75 Å². The van der Waals surface area contributed by atoms with Crippen molar-refractivity contribution in [2.75, 3.05) is 5.32 Å². The minimum atomic E-state index is -0.439. The van der Waals surface area contributed by atoms with E-state index in [1.165, 1.54) is 11.3 Å². The Morgan fingerprint density at radius 2 is 1.79 bits per heavy atom. The number of nitrogens with one attached hydrogen (secondary N) is 1. The number of rotatable bonds is 6. The third-order valence-electron chi connectivity index (χ3n) is 4.16. The van der Waals surface area contributed by atoms with Gasteiger partial charge in [-0.25, -0.2) is 4.79 Å². The highest BCUT2D eigenvalue weighted by Crippen LogP contribution is 2.19. The zero-order chi connectivity index (χ0) is 20.1. The molecule has 1 amide bonds. The first-order chi connectivity index (χ1) is 14.2. The van der Waals surface area contributed by atoms with Gasteiger partial charge in [0.05, 0.1) is 17.0 Å². The second kappa shape index (κ2) is 8.53. The van der Waals surface area contributed by atoms with Crippen LogP contribution in [0.1, 0.15) is 25.6 Å². The molecule has 0 aliphatic carbocycles. The molecule has 0 saturated heterocycles. The van der Waals surface area contributed by atoms with Crippen LogP contribution in [0.25, 0.3) is 0 Å². The quantitative estimate of drug-likeness (QED) is 0.381. The zero-order valence-corrected chi connectivity index (χ0v) is 16.1. The molecule has 2 aromatic heterocycles. The highest BCUT2D eigenvalue weighted by Gasteiger charge is 2.10. The number of carbonyl (C=O) groups excluding carboxylic acids is 2. The minimum Gasteiger partial charge on any atom is -0.423 e. The van der Waals surface area contributed by atoms with Crippen molar-refractivity contribution in [3.63, 3.8) is 0 Å². The van der Waals surface area contributed by atoms with Gasteiger partial charge in [0.25, 0.3) is 5.91 Å². The average molecular weight is 403 g/mol. The smallest absolute Gasteiger partial charge is 0.343 e. The van der Waals surface area contributed by atoms with E-state index in [1.807, 2.05) is 40.5 Å². The van der Waals surface area contributed by atoms with Gasteiger partial charge in [-0.1, -0.05) is 18.2 Å². The van der Waals surface area contributed by atoms with Crippen molar-refractivity contribution in [1.29, 1.82) is 0 Å². The van der Waals surface area contributed by atoms with Gasteiger partial charge in [0, 0.05) is 18.1 Å². The van der Waals surface area contributed by atoms with Crippen molar-refractivity contribution in [2.24, 2.45) is 0 Å². The van der Waals surface area contributed by atoms with E-state index in [0.29, 0.717) is 28.4 Å². The van der Waals surface area contributed by atoms with E-state index in [1.54, 1.807) is 48.7 Å². The standard InChI is InChI=1S/C22H17N3O3S/c26-21(20-3-1-14-29-20)24-18-8-10-19(11-9-18)28-22(27)17-6-4-16(5-7-17)15-25-13-2-12-23-25/h1-14H,15H2,(H,24,26). The number of carbonyl (C=O) groups is 2. The van der Waals surface area contributed by atoms with Gasteiger partial charge in [-0.15, -0.1) is 11.3 Å². The second-order valence-corrected chi connectivity index (χ2v) is 7.19. The molecule has 4 rings (SSSR count). The van der Waals surface area contributed by atoms with Crippen molar-refractivity contribution in [3.8, 4) is 5.75 Å². The monoisotopic (exact) mass is 403 g/mol. The molecule has 0 fully saturated rings. The summed E-state index contributed by atoms with van der Waals surface area (Å²) >= 11 is 1.37. The summed E-state index contributed by atoms with van der Waals surface area (Å²) in [6.07, 6.45) is 3.61. The van der Waals surface area contributed by atoms with Crippen LogP contribution in [0.4, 0.5) is 5.69 Å². The third kappa shape index (κ3) is 4.77. The van der Waals surface area contributed by atoms with Gasteiger partial charge in [0.1, 0.15) is 5.75 Å². The van der Waals surface area contributed by atoms with E-state index < -0.39 is 5.97 Å². The van der Waals surface area contributed by atoms with Crippen molar-refractivity contribution in [3.05, 3.63) is 101 Å². The summed E-state index contributed by atoms with van der Waals surface area (Å²) in [6.45, 7) is 0.640. The number of anilines is 1. The molecule has 2 heterocycles. The van der Waals surface area contributed by atoms with E-state index in [-0.39, 0.29) is 5.91 Å². The molecular formula is C22H17N3O3S. The highest BCUT2D eigenvalue weighted by molar-refractivity contribution is 7.12. The number of aromatic nitrogens is 2. The van der Waals surface area contributed by atoms with Crippen molar-refractivity contribution in [2.45, 2.75) is 6.54 Å². The van der Waals surface area contributed by atoms with Crippen molar-refractivity contribution < 1.29 is 14.3 Å². The van der Waals surface area contributed by atoms with Gasteiger partial charge in [-0.05, 0) is 59.5 Å². The number of hydrogen-bond acceptors (Lipinski definition) is 5. The molecule has 29 heavy (non-hydrogen) atoms. The Kier molecular flexibility index (Phi) is 5.49. The molecule has 0 spiro atoms. The molecule has 0 atom stereocenters. The van der Waals surface area contributed by atoms with E-state index in [4.69, 9.17) is 4.74 Å². The van der Waals surface area contributed by atoms with Crippen LogP contribution in [0.2, 0.25) is 0 Å². The second-order valence-electron chi connectivity index (χ2n) is 6.25. The summed E-state index contributed by atoms with van der Waals surface area (Å²) in [5, 5.41) is 8.82. The largest absolute Gasteiger partial charge is 0.423 e. The number of thiophene rings is 1. The van der Waals surface area contributed by atoms with Crippen molar-refractivity contribution in [1.82, 2.24) is 9.78 Å². The maximum absolute atomic E-state index is 12.4. The van der Waals surface area contributed by atoms with Gasteiger partial charge in [-0.2, -0.15) is 5.10 Å². The molecule has 0 radical (unpaired) electrons. The molecule has 144 valence electrons. The Balaban J connectivity index is 1.35. The normalized spacial score (nSPS) is 10.5. The first-order valence-corrected chi connectivity index (χ1v) is 9.79. The SMILES string of the molecule is O=C(Oc1ccc(NC(=O)c2cccs2)cc1)c1ccc(Cn2cccn2)cc1. The maximum atomic E-state index is 12.4. The zero-order valence-electron chi connectivity index (χ0n) is 15.3. The van der Waals surface area contributed by atoms with Crippen LogP contribution in [0.3, 0.4) is 0 Å². The number of benzene rings is 2. The number of hydrogen-bond donors (Lipinski definition) is 1. The fraction of sp³-hybridized carbons (Fsp3) is 0.0455. The Labute approximate surface area is 171 Å². The Hall–Kier alpha value is -3.71. The summed E-state index contributed by atoms with van der Waals surface area (Å²) in [5.41, 5.74) is 2.13. The Morgan fingerprint density at radius 1 is 1.00 bits per heavy atom. The molecule has 7 heteroatoms. The van der Waals surface area contributed by atoms with Crippen molar-refractivity contribution >= 4 is 28.9 Å². The van der Waals surface area contributed by atoms with Gasteiger partial charge in [0.15, 0.2) is 0 Å². The summed E-state index contributed by atoms with van der Waals surface area (Å²) in [4.78, 5) is 25.0. The summed E-state index contributed by atoms with van der Waals surface area (Å²) in [7, 11) is 0. The molecule has 0 saturated carbocycles. The first-order valence-electron chi connectivity index (χ1n) is 8.91. The van der Waals surface area contributed by atoms with E-state index in [9.17, 15) is 9.59 Å². The summed E-state index contributed by atoms with van der Waals surface area (Å²) in [6, 6.07) is 19.4. The van der Waals surface area contributed by atoms with Crippen LogP contribution in [-0.4, -0.2) is 21.7 Å². The molecule has 0 aliphatic heterocycles. The number of esters is 1. The number of amides is 1. The minimum absolute atomic E-state index is 0.167. The molecule has 1 N–H and O–H groups in total. The van der Waals surface area contributed by atoms with Crippen LogP contribution in [0.15, 0.2) is 84.5 Å². The van der Waals surface area contributed by atoms with E-state index in [0.717, 1.165) is 5.56 Å². The fourth-order valence-electron chi connectivity index (χ4n) is 2.70. The lowest BCUT2D eigenvalue weighted by molar-refractivity contribution is 0.0734. The van der Waals surface area contributed by atoms with Gasteiger partial charge >= 0.3 is 5.97 Å². The Morgan fingerprint density at radius 3 is 2.45 bits per heavy atom. The lowest BCUT2D eigenvalue weighted by atomic mass is 10.1. The number of nitrogens with zero attached hydrogens (tertiary/aromatic N) is 2. The summed E-state index contributed by atoms with van der Waals surface area (Å²) < 4.78 is 7.22. The van der Waals surface area contributed by atoms with Gasteiger partial charge < -0.3 is 10.1 Å². The topological polar surface area (TPSA) is 73.2 Å². The lowest BCUT2D eigenvalue weighted by Gasteiger charge is -2.08. The van der Waals surface area contributed by atoms with E-state index >= 15 is 0 Å². The maximum Gasteiger partial charge on any atom is 0.343 e. The molecule has 4 aromatic rings. The lowest BCUT2D eigenvalue weighted by Crippen LogP contribution is -2.11. The van der Waals surface area contributed by atoms with Crippen LogP contribution >= 0.6 is 11.3 Å². The molecule has 6 nitrogen and oxygen atoms in total. The number of ether oxygens (including phenoxy) is 1. The summed E-state index contributed by atoms with van der Waals surface area (Å²) in [5.74, 6) is -0.198. The fourth-order valence-corrected chi connectivity index (χ4v) is 3.32. The third-order valence-corrected chi connectivity index (χ3v) is 5.03. The molecule has 0 aliphatic rings. The Bertz CT molecular complexity index is 1090. The first kappa shape index (κ1) is 18.6. The van der Waals surface area contributed by atoms with E-state index in [2.05, 4.69) is 10.4 Å². The van der Waals surface area contributed by atoms with Gasteiger partial charge in [0.2, 0.25) is 0 Å². The molecule has 0 bridgehead atoms. The average Bonchev–Trinajstić information content (AvgIpc) is 3.44. The van der Waals surface area contributed by atoms with Crippen LogP contribution < -0.4 is 10.1 Å². The van der Waals surface area contributed by atoms with Gasteiger partial charge in [-0.3, -0.25) is 9.48 Å². The predicted octanol–water partition coefficient (Wildman–Crippen LogP) is 4.46. The molecular weight excluding hydrogens is 386 g/mol.